The van der Waals surface area contributed by atoms with Gasteiger partial charge in [-0.25, -0.2) is 0 Å². The zero-order valence-corrected chi connectivity index (χ0v) is 13.8. The Bertz CT molecular complexity index is 701. The number of carbonyl (C=O) groups excluding carboxylic acids is 3. The molecule has 0 bridgehead atoms. The average molecular weight is 332 g/mol. The third kappa shape index (κ3) is 2.11. The van der Waals surface area contributed by atoms with Crippen LogP contribution < -0.4 is 5.32 Å². The topological polar surface area (TPSA) is 95.9 Å². The maximum absolute atomic E-state index is 12.7. The van der Waals surface area contributed by atoms with Crippen LogP contribution in [0.2, 0.25) is 0 Å². The first kappa shape index (κ1) is 16.4. The van der Waals surface area contributed by atoms with Crippen LogP contribution in [-0.2, 0) is 19.1 Å². The summed E-state index contributed by atoms with van der Waals surface area (Å²) in [5, 5.41) is 12.6. The van der Waals surface area contributed by atoms with Gasteiger partial charge in [-0.2, -0.15) is 0 Å². The van der Waals surface area contributed by atoms with Crippen molar-refractivity contribution in [3.05, 3.63) is 29.8 Å². The van der Waals surface area contributed by atoms with Crippen LogP contribution in [0.3, 0.4) is 0 Å². The van der Waals surface area contributed by atoms with Crippen molar-refractivity contribution in [2.24, 2.45) is 11.8 Å². The quantitative estimate of drug-likeness (QED) is 0.621. The molecule has 2 aliphatic rings. The van der Waals surface area contributed by atoms with Gasteiger partial charge < -0.3 is 9.84 Å². The molecule has 0 saturated carbocycles. The van der Waals surface area contributed by atoms with E-state index in [2.05, 4.69) is 5.32 Å². The van der Waals surface area contributed by atoms with Crippen LogP contribution in [0.4, 0.5) is 0 Å². The summed E-state index contributed by atoms with van der Waals surface area (Å²) >= 11 is 0. The standard InChI is InChI=1S/C17H20N2O5/c1-4-19-14(21)11-12(15(19)22)17(2,16(23)24-3)18-13(11)9-5-7-10(20)8-6-9/h5-8,11-13,18,20H,4H2,1-3H3. The van der Waals surface area contributed by atoms with Gasteiger partial charge in [-0.15, -0.1) is 0 Å². The Hall–Kier alpha value is -2.41. The fourth-order valence-corrected chi connectivity index (χ4v) is 3.88. The molecule has 4 atom stereocenters. The number of methoxy groups -OCH3 is 1. The molecule has 2 heterocycles. The fourth-order valence-electron chi connectivity index (χ4n) is 3.88. The SMILES string of the molecule is CCN1C(=O)C2C(c3ccc(O)cc3)NC(C)(C(=O)OC)C2C1=O. The molecular weight excluding hydrogens is 312 g/mol. The van der Waals surface area contributed by atoms with E-state index in [-0.39, 0.29) is 24.1 Å². The van der Waals surface area contributed by atoms with Gasteiger partial charge in [0.15, 0.2) is 0 Å². The minimum absolute atomic E-state index is 0.105. The predicted molar refractivity (Wildman–Crippen MR) is 83.8 cm³/mol. The van der Waals surface area contributed by atoms with E-state index in [1.54, 1.807) is 26.0 Å². The lowest BCUT2D eigenvalue weighted by molar-refractivity contribution is -0.153. The van der Waals surface area contributed by atoms with Crippen LogP contribution in [0.1, 0.15) is 25.5 Å². The van der Waals surface area contributed by atoms with Crippen molar-refractivity contribution in [1.29, 1.82) is 0 Å². The first-order valence-corrected chi connectivity index (χ1v) is 7.85. The molecule has 2 fully saturated rings. The molecular formula is C17H20N2O5. The Morgan fingerprint density at radius 1 is 1.29 bits per heavy atom. The molecule has 2 amide bonds. The van der Waals surface area contributed by atoms with E-state index in [1.165, 1.54) is 24.1 Å². The summed E-state index contributed by atoms with van der Waals surface area (Å²) < 4.78 is 4.88. The number of imide groups is 1. The van der Waals surface area contributed by atoms with Gasteiger partial charge in [0, 0.05) is 12.6 Å². The second-order valence-electron chi connectivity index (χ2n) is 6.33. The number of nitrogens with zero attached hydrogens (tertiary/aromatic N) is 1. The number of nitrogens with one attached hydrogen (secondary N) is 1. The van der Waals surface area contributed by atoms with E-state index in [9.17, 15) is 19.5 Å². The van der Waals surface area contributed by atoms with Gasteiger partial charge in [-0.1, -0.05) is 12.1 Å². The molecule has 7 nitrogen and oxygen atoms in total. The second-order valence-corrected chi connectivity index (χ2v) is 6.33. The van der Waals surface area contributed by atoms with Crippen LogP contribution in [-0.4, -0.2) is 47.0 Å². The average Bonchev–Trinajstić information content (AvgIpc) is 3.02. The van der Waals surface area contributed by atoms with E-state index in [1.807, 2.05) is 0 Å². The number of fused-ring (bicyclic) bond motifs is 1. The largest absolute Gasteiger partial charge is 0.508 e. The molecule has 3 rings (SSSR count). The van der Waals surface area contributed by atoms with Gasteiger partial charge in [0.2, 0.25) is 11.8 Å². The number of amides is 2. The molecule has 0 spiro atoms. The number of hydrogen-bond donors (Lipinski definition) is 2. The molecule has 0 aliphatic carbocycles. The molecule has 2 aliphatic heterocycles. The maximum atomic E-state index is 12.7. The van der Waals surface area contributed by atoms with Crippen LogP contribution in [0.5, 0.6) is 5.75 Å². The van der Waals surface area contributed by atoms with Crippen molar-refractivity contribution in [2.75, 3.05) is 13.7 Å². The number of aromatic hydroxyl groups is 1. The van der Waals surface area contributed by atoms with Gasteiger partial charge in [0.25, 0.3) is 0 Å². The number of phenolic OH excluding ortho intramolecular Hbond substituents is 1. The lowest BCUT2D eigenvalue weighted by atomic mass is 9.80. The summed E-state index contributed by atoms with van der Waals surface area (Å²) in [6.45, 7) is 3.60. The Labute approximate surface area is 139 Å². The van der Waals surface area contributed by atoms with Crippen LogP contribution >= 0.6 is 0 Å². The lowest BCUT2D eigenvalue weighted by Crippen LogP contribution is -2.53. The van der Waals surface area contributed by atoms with E-state index in [4.69, 9.17) is 4.74 Å². The highest BCUT2D eigenvalue weighted by atomic mass is 16.5. The first-order chi connectivity index (χ1) is 11.3. The van der Waals surface area contributed by atoms with Crippen LogP contribution in [0.25, 0.3) is 0 Å². The molecule has 1 aromatic rings. The summed E-state index contributed by atoms with van der Waals surface area (Å²) in [6, 6.07) is 5.88. The highest BCUT2D eigenvalue weighted by Gasteiger charge is 2.66. The molecule has 24 heavy (non-hydrogen) atoms. The van der Waals surface area contributed by atoms with Gasteiger partial charge >= 0.3 is 5.97 Å². The lowest BCUT2D eigenvalue weighted by Gasteiger charge is -2.28. The number of phenols is 1. The van der Waals surface area contributed by atoms with Crippen molar-refractivity contribution in [1.82, 2.24) is 10.2 Å². The highest BCUT2D eigenvalue weighted by Crippen LogP contribution is 2.48. The molecule has 2 saturated heterocycles. The monoisotopic (exact) mass is 332 g/mol. The molecule has 1 aromatic carbocycles. The molecule has 4 unspecified atom stereocenters. The smallest absolute Gasteiger partial charge is 0.326 e. The summed E-state index contributed by atoms with van der Waals surface area (Å²) in [7, 11) is 1.26. The third-order valence-electron chi connectivity index (χ3n) is 5.06. The number of hydrogen-bond acceptors (Lipinski definition) is 6. The van der Waals surface area contributed by atoms with Crippen LogP contribution in [0.15, 0.2) is 24.3 Å². The fraction of sp³-hybridized carbons (Fsp3) is 0.471. The van der Waals surface area contributed by atoms with Gasteiger partial charge in [-0.3, -0.25) is 24.6 Å². The predicted octanol–water partition coefficient (Wildman–Crippen LogP) is 0.589. The summed E-state index contributed by atoms with van der Waals surface area (Å²) in [4.78, 5) is 39.0. The molecule has 128 valence electrons. The van der Waals surface area contributed by atoms with E-state index >= 15 is 0 Å². The number of likely N-dealkylation sites (tertiary alicyclic amines) is 1. The zero-order chi connectivity index (χ0) is 17.6. The Balaban J connectivity index is 2.09. The number of rotatable bonds is 3. The second kappa shape index (κ2) is 5.59. The van der Waals surface area contributed by atoms with E-state index in [0.717, 1.165) is 5.56 Å². The summed E-state index contributed by atoms with van der Waals surface area (Å²) in [5.74, 6) is -2.59. The van der Waals surface area contributed by atoms with Gasteiger partial charge in [0.1, 0.15) is 11.3 Å². The van der Waals surface area contributed by atoms with E-state index in [0.29, 0.717) is 0 Å². The van der Waals surface area contributed by atoms with Crippen molar-refractivity contribution >= 4 is 17.8 Å². The molecule has 0 aromatic heterocycles. The normalized spacial score (nSPS) is 32.1. The van der Waals surface area contributed by atoms with Crippen LogP contribution in [0, 0.1) is 11.8 Å². The Morgan fingerprint density at radius 3 is 2.46 bits per heavy atom. The van der Waals surface area contributed by atoms with Gasteiger partial charge in [0.05, 0.1) is 18.9 Å². The van der Waals surface area contributed by atoms with Crippen molar-refractivity contribution < 1.29 is 24.2 Å². The van der Waals surface area contributed by atoms with Crippen molar-refractivity contribution in [3.63, 3.8) is 0 Å². The number of esters is 1. The molecule has 7 heteroatoms. The summed E-state index contributed by atoms with van der Waals surface area (Å²) in [5.41, 5.74) is -0.548. The number of carbonyl (C=O) groups is 3. The Kier molecular flexibility index (Phi) is 3.83. The first-order valence-electron chi connectivity index (χ1n) is 7.85. The summed E-state index contributed by atoms with van der Waals surface area (Å²) in [6.07, 6.45) is 0. The van der Waals surface area contributed by atoms with Crippen molar-refractivity contribution in [2.45, 2.75) is 25.4 Å². The zero-order valence-electron chi connectivity index (χ0n) is 13.8. The van der Waals surface area contributed by atoms with E-state index < -0.39 is 29.4 Å². The number of benzene rings is 1. The highest BCUT2D eigenvalue weighted by molar-refractivity contribution is 6.09. The minimum atomic E-state index is -1.28. The minimum Gasteiger partial charge on any atom is -0.508 e. The molecule has 0 radical (unpaired) electrons. The third-order valence-corrected chi connectivity index (χ3v) is 5.06. The number of ether oxygens (including phenoxy) is 1. The molecule has 2 N–H and O–H groups in total. The Morgan fingerprint density at radius 2 is 1.92 bits per heavy atom. The van der Waals surface area contributed by atoms with Gasteiger partial charge in [-0.05, 0) is 31.5 Å². The maximum Gasteiger partial charge on any atom is 0.326 e. The van der Waals surface area contributed by atoms with Crippen molar-refractivity contribution in [3.8, 4) is 5.75 Å².